The molecule has 3 aromatic carbocycles. The quantitative estimate of drug-likeness (QED) is 0.618. The number of sulfonamides is 1. The molecule has 0 spiro atoms. The smallest absolute Gasteiger partial charge is 0.262 e. The molecule has 3 aromatic rings. The molecule has 6 nitrogen and oxygen atoms in total. The van der Waals surface area contributed by atoms with E-state index in [9.17, 15) is 13.2 Å². The summed E-state index contributed by atoms with van der Waals surface area (Å²) in [4.78, 5) is 12.7. The number of anilines is 2. The molecule has 0 aliphatic carbocycles. The summed E-state index contributed by atoms with van der Waals surface area (Å²) in [5, 5.41) is 11.5. The van der Waals surface area contributed by atoms with Crippen LogP contribution < -0.4 is 10.0 Å². The molecule has 1 amide bonds. The molecule has 0 radical (unpaired) electrons. The van der Waals surface area contributed by atoms with Crippen molar-refractivity contribution in [3.05, 3.63) is 89.0 Å². The number of para-hydroxylation sites is 1. The maximum atomic E-state index is 12.9. The number of hydrogen-bond acceptors (Lipinski definition) is 4. The average Bonchev–Trinajstić information content (AvgIpc) is 2.71. The van der Waals surface area contributed by atoms with Gasteiger partial charge in [0.05, 0.1) is 23.1 Å². The first-order valence-corrected chi connectivity index (χ1v) is 10.7. The lowest BCUT2D eigenvalue weighted by atomic mass is 10.1. The summed E-state index contributed by atoms with van der Waals surface area (Å²) in [7, 11) is -3.87. The number of carbonyl (C=O) groups is 1. The van der Waals surface area contributed by atoms with Gasteiger partial charge in [0.2, 0.25) is 0 Å². The molecule has 3 rings (SSSR count). The van der Waals surface area contributed by atoms with E-state index in [1.165, 1.54) is 6.07 Å². The van der Waals surface area contributed by atoms with Gasteiger partial charge in [-0.2, -0.15) is 5.26 Å². The van der Waals surface area contributed by atoms with Crippen LogP contribution in [0.1, 0.15) is 27.0 Å². The van der Waals surface area contributed by atoms with Gasteiger partial charge in [0.15, 0.2) is 0 Å². The Labute approximate surface area is 176 Å². The highest BCUT2D eigenvalue weighted by molar-refractivity contribution is 7.92. The van der Waals surface area contributed by atoms with E-state index in [2.05, 4.69) is 16.1 Å². The number of benzene rings is 3. The van der Waals surface area contributed by atoms with Crippen LogP contribution in [0, 0.1) is 25.2 Å². The van der Waals surface area contributed by atoms with Gasteiger partial charge in [-0.25, -0.2) is 8.42 Å². The number of amides is 1. The number of rotatable bonds is 6. The first-order valence-electron chi connectivity index (χ1n) is 9.26. The van der Waals surface area contributed by atoms with Crippen LogP contribution in [0.5, 0.6) is 0 Å². The molecule has 30 heavy (non-hydrogen) atoms. The molecule has 0 aliphatic rings. The van der Waals surface area contributed by atoms with Crippen LogP contribution in [-0.4, -0.2) is 14.3 Å². The third kappa shape index (κ3) is 4.85. The molecule has 0 fully saturated rings. The van der Waals surface area contributed by atoms with Crippen LogP contribution in [0.15, 0.2) is 71.6 Å². The van der Waals surface area contributed by atoms with E-state index >= 15 is 0 Å². The second kappa shape index (κ2) is 8.80. The number of hydrogen-bond donors (Lipinski definition) is 2. The molecule has 7 heteroatoms. The Morgan fingerprint density at radius 1 is 0.967 bits per heavy atom. The molecule has 0 saturated carbocycles. The highest BCUT2D eigenvalue weighted by Crippen LogP contribution is 2.23. The molecule has 0 saturated heterocycles. The summed E-state index contributed by atoms with van der Waals surface area (Å²) in [6, 6.07) is 20.6. The SMILES string of the molecule is Cc1ccccc1NS(=O)(=O)c1cc(C(=O)Nc2ccc(CC#N)cc2)ccc1C. The topological polar surface area (TPSA) is 99.1 Å². The van der Waals surface area contributed by atoms with Gasteiger partial charge in [0.1, 0.15) is 0 Å². The molecule has 0 heterocycles. The fourth-order valence-electron chi connectivity index (χ4n) is 2.92. The van der Waals surface area contributed by atoms with Gasteiger partial charge in [-0.3, -0.25) is 9.52 Å². The summed E-state index contributed by atoms with van der Waals surface area (Å²) < 4.78 is 28.5. The van der Waals surface area contributed by atoms with E-state index in [4.69, 9.17) is 5.26 Å². The van der Waals surface area contributed by atoms with Crippen LogP contribution in [-0.2, 0) is 16.4 Å². The van der Waals surface area contributed by atoms with Crippen LogP contribution in [0.3, 0.4) is 0 Å². The molecule has 0 unspecified atom stereocenters. The predicted molar refractivity (Wildman–Crippen MR) is 117 cm³/mol. The maximum Gasteiger partial charge on any atom is 0.262 e. The Kier molecular flexibility index (Phi) is 6.19. The van der Waals surface area contributed by atoms with Gasteiger partial charge in [0.25, 0.3) is 15.9 Å². The molecular formula is C23H21N3O3S. The first-order chi connectivity index (χ1) is 14.3. The molecule has 0 aliphatic heterocycles. The van der Waals surface area contributed by atoms with Gasteiger partial charge in [0, 0.05) is 11.3 Å². The van der Waals surface area contributed by atoms with Crippen LogP contribution in [0.25, 0.3) is 0 Å². The third-order valence-electron chi connectivity index (χ3n) is 4.62. The highest BCUT2D eigenvalue weighted by atomic mass is 32.2. The number of nitriles is 1. The van der Waals surface area contributed by atoms with Gasteiger partial charge < -0.3 is 5.32 Å². The molecule has 0 bridgehead atoms. The number of aryl methyl sites for hydroxylation is 2. The lowest BCUT2D eigenvalue weighted by Crippen LogP contribution is -2.17. The summed E-state index contributed by atoms with van der Waals surface area (Å²) in [6.07, 6.45) is 0.293. The van der Waals surface area contributed by atoms with Crippen molar-refractivity contribution < 1.29 is 13.2 Å². The Morgan fingerprint density at radius 3 is 2.33 bits per heavy atom. The second-order valence-corrected chi connectivity index (χ2v) is 8.54. The second-order valence-electron chi connectivity index (χ2n) is 6.89. The Balaban J connectivity index is 1.84. The van der Waals surface area contributed by atoms with Crippen molar-refractivity contribution in [3.63, 3.8) is 0 Å². The molecule has 152 valence electrons. The molecular weight excluding hydrogens is 398 g/mol. The summed E-state index contributed by atoms with van der Waals surface area (Å²) in [5.41, 5.74) is 3.46. The van der Waals surface area contributed by atoms with Crippen LogP contribution >= 0.6 is 0 Å². The zero-order chi connectivity index (χ0) is 21.7. The lowest BCUT2D eigenvalue weighted by Gasteiger charge is -2.13. The first kappa shape index (κ1) is 21.1. The predicted octanol–water partition coefficient (Wildman–Crippen LogP) is 4.42. The minimum atomic E-state index is -3.87. The summed E-state index contributed by atoms with van der Waals surface area (Å²) in [6.45, 7) is 3.50. The molecule has 0 aromatic heterocycles. The van der Waals surface area contributed by atoms with Crippen molar-refractivity contribution >= 4 is 27.3 Å². The van der Waals surface area contributed by atoms with Gasteiger partial charge >= 0.3 is 0 Å². The van der Waals surface area contributed by atoms with E-state index in [0.29, 0.717) is 23.4 Å². The van der Waals surface area contributed by atoms with Crippen LogP contribution in [0.4, 0.5) is 11.4 Å². The van der Waals surface area contributed by atoms with E-state index in [0.717, 1.165) is 11.1 Å². The largest absolute Gasteiger partial charge is 0.322 e. The normalized spacial score (nSPS) is 10.8. The Morgan fingerprint density at radius 2 is 1.67 bits per heavy atom. The number of nitrogens with one attached hydrogen (secondary N) is 2. The average molecular weight is 420 g/mol. The fourth-order valence-corrected chi connectivity index (χ4v) is 4.32. The summed E-state index contributed by atoms with van der Waals surface area (Å²) >= 11 is 0. The Hall–Kier alpha value is -3.63. The fraction of sp³-hybridized carbons (Fsp3) is 0.130. The van der Waals surface area contributed by atoms with E-state index < -0.39 is 15.9 Å². The van der Waals surface area contributed by atoms with Gasteiger partial charge in [-0.05, 0) is 60.9 Å². The zero-order valence-electron chi connectivity index (χ0n) is 16.6. The van der Waals surface area contributed by atoms with Crippen LogP contribution in [0.2, 0.25) is 0 Å². The van der Waals surface area contributed by atoms with E-state index in [-0.39, 0.29) is 10.5 Å². The standard InChI is InChI=1S/C23H21N3O3S/c1-16-5-3-4-6-21(16)26-30(28,29)22-15-19(10-7-17(22)2)23(27)25-20-11-8-18(9-12-20)13-14-24/h3-12,15,26H,13H2,1-2H3,(H,25,27). The van der Waals surface area contributed by atoms with Gasteiger partial charge in [-0.1, -0.05) is 36.4 Å². The van der Waals surface area contributed by atoms with Crippen molar-refractivity contribution in [1.29, 1.82) is 5.26 Å². The van der Waals surface area contributed by atoms with E-state index in [1.807, 2.05) is 19.1 Å². The zero-order valence-corrected chi connectivity index (χ0v) is 17.5. The monoisotopic (exact) mass is 419 g/mol. The lowest BCUT2D eigenvalue weighted by molar-refractivity contribution is 0.102. The van der Waals surface area contributed by atoms with Crippen molar-refractivity contribution in [3.8, 4) is 6.07 Å². The van der Waals surface area contributed by atoms with Crippen molar-refractivity contribution in [2.45, 2.75) is 25.2 Å². The minimum absolute atomic E-state index is 0.0442. The van der Waals surface area contributed by atoms with Gasteiger partial charge in [-0.15, -0.1) is 0 Å². The van der Waals surface area contributed by atoms with Crippen molar-refractivity contribution in [1.82, 2.24) is 0 Å². The Bertz CT molecular complexity index is 1230. The third-order valence-corrected chi connectivity index (χ3v) is 6.13. The maximum absolute atomic E-state index is 12.9. The minimum Gasteiger partial charge on any atom is -0.322 e. The molecule has 0 atom stereocenters. The van der Waals surface area contributed by atoms with E-state index in [1.54, 1.807) is 55.5 Å². The van der Waals surface area contributed by atoms with Crippen molar-refractivity contribution in [2.75, 3.05) is 10.0 Å². The summed E-state index contributed by atoms with van der Waals surface area (Å²) in [5.74, 6) is -0.421. The number of carbonyl (C=O) groups excluding carboxylic acids is 1. The highest BCUT2D eigenvalue weighted by Gasteiger charge is 2.20. The molecule has 2 N–H and O–H groups in total. The van der Waals surface area contributed by atoms with Crippen molar-refractivity contribution in [2.24, 2.45) is 0 Å². The number of nitrogens with zero attached hydrogens (tertiary/aromatic N) is 1.